The van der Waals surface area contributed by atoms with E-state index in [-0.39, 0.29) is 24.1 Å². The monoisotopic (exact) mass is 295 g/mol. The number of carbonyl (C=O) groups is 1. The summed E-state index contributed by atoms with van der Waals surface area (Å²) in [4.78, 5) is 14.5. The van der Waals surface area contributed by atoms with E-state index in [0.29, 0.717) is 6.61 Å². The number of ether oxygens (including phenoxy) is 1. The Hall–Kier alpha value is -2.13. The molecule has 2 aromatic carbocycles. The Morgan fingerprint density at radius 3 is 2.27 bits per heavy atom. The number of nitrogens with zero attached hydrogens (tertiary/aromatic N) is 1. The zero-order chi connectivity index (χ0) is 15.5. The summed E-state index contributed by atoms with van der Waals surface area (Å²) >= 11 is 0. The van der Waals surface area contributed by atoms with Gasteiger partial charge in [-0.25, -0.2) is 0 Å². The lowest BCUT2D eigenvalue weighted by molar-refractivity contribution is -0.143. The van der Waals surface area contributed by atoms with Gasteiger partial charge < -0.3 is 4.74 Å². The molecule has 1 saturated heterocycles. The molecule has 114 valence electrons. The van der Waals surface area contributed by atoms with Gasteiger partial charge in [-0.05, 0) is 25.0 Å². The van der Waals surface area contributed by atoms with Crippen molar-refractivity contribution in [3.63, 3.8) is 0 Å². The minimum absolute atomic E-state index is 0.107. The summed E-state index contributed by atoms with van der Waals surface area (Å²) in [5.41, 5.74) is 2.39. The van der Waals surface area contributed by atoms with Crippen LogP contribution in [0.2, 0.25) is 0 Å². The van der Waals surface area contributed by atoms with Crippen molar-refractivity contribution in [1.82, 2.24) is 4.90 Å². The van der Waals surface area contributed by atoms with E-state index >= 15 is 0 Å². The predicted molar refractivity (Wildman–Crippen MR) is 86.3 cm³/mol. The number of benzene rings is 2. The molecule has 0 N–H and O–H groups in total. The molecule has 2 aromatic rings. The maximum Gasteiger partial charge on any atom is 0.325 e. The number of rotatable bonds is 5. The molecule has 1 unspecified atom stereocenters. The van der Waals surface area contributed by atoms with Gasteiger partial charge in [0.2, 0.25) is 0 Å². The van der Waals surface area contributed by atoms with Gasteiger partial charge in [0.1, 0.15) is 6.04 Å². The Bertz CT molecular complexity index is 626. The minimum atomic E-state index is -0.183. The third-order valence-electron chi connectivity index (χ3n) is 4.25. The molecule has 3 rings (SSSR count). The molecular formula is C19H21NO2. The minimum Gasteiger partial charge on any atom is -0.465 e. The van der Waals surface area contributed by atoms with E-state index in [1.165, 1.54) is 11.1 Å². The molecule has 0 saturated carbocycles. The Balaban J connectivity index is 1.86. The van der Waals surface area contributed by atoms with E-state index in [1.54, 1.807) is 0 Å². The van der Waals surface area contributed by atoms with Gasteiger partial charge in [0.25, 0.3) is 0 Å². The highest BCUT2D eigenvalue weighted by molar-refractivity contribution is 5.81. The fourth-order valence-corrected chi connectivity index (χ4v) is 3.12. The first kappa shape index (κ1) is 14.8. The number of carbonyl (C=O) groups excluding carboxylic acids is 1. The average molecular weight is 295 g/mol. The van der Waals surface area contributed by atoms with Crippen molar-refractivity contribution in [2.45, 2.75) is 32.0 Å². The van der Waals surface area contributed by atoms with Gasteiger partial charge in [-0.1, -0.05) is 60.7 Å². The second kappa shape index (κ2) is 6.32. The molecule has 0 aliphatic carbocycles. The molecule has 0 spiro atoms. The van der Waals surface area contributed by atoms with Gasteiger partial charge >= 0.3 is 5.97 Å². The van der Waals surface area contributed by atoms with E-state index in [4.69, 9.17) is 4.74 Å². The molecular weight excluding hydrogens is 274 g/mol. The van der Waals surface area contributed by atoms with E-state index in [2.05, 4.69) is 36.1 Å². The summed E-state index contributed by atoms with van der Waals surface area (Å²) in [6.07, 6.45) is 0. The summed E-state index contributed by atoms with van der Waals surface area (Å²) in [6, 6.07) is 20.6. The van der Waals surface area contributed by atoms with Crippen molar-refractivity contribution in [3.05, 3.63) is 71.8 Å². The molecule has 1 heterocycles. The van der Waals surface area contributed by atoms with E-state index in [9.17, 15) is 4.79 Å². The standard InChI is InChI=1S/C19H21NO2/c1-3-22-19(21)18-17(16-12-8-5-9-13-16)20(18)14(2)15-10-6-4-7-11-15/h4-14,17-18H,3H2,1-2H3/t14-,17-,18+,20?/m1/s1. The third kappa shape index (κ3) is 2.77. The van der Waals surface area contributed by atoms with Crippen molar-refractivity contribution in [2.75, 3.05) is 6.61 Å². The first-order chi connectivity index (χ1) is 10.7. The van der Waals surface area contributed by atoms with Gasteiger partial charge in [-0.3, -0.25) is 9.69 Å². The van der Waals surface area contributed by atoms with E-state index < -0.39 is 0 Å². The zero-order valence-corrected chi connectivity index (χ0v) is 13.0. The van der Waals surface area contributed by atoms with Crippen molar-refractivity contribution in [3.8, 4) is 0 Å². The molecule has 1 aliphatic rings. The highest BCUT2D eigenvalue weighted by atomic mass is 16.5. The number of hydrogen-bond acceptors (Lipinski definition) is 3. The van der Waals surface area contributed by atoms with Crippen LogP contribution >= 0.6 is 0 Å². The smallest absolute Gasteiger partial charge is 0.325 e. The topological polar surface area (TPSA) is 29.3 Å². The maximum atomic E-state index is 12.3. The summed E-state index contributed by atoms with van der Waals surface area (Å²) in [5, 5.41) is 0. The predicted octanol–water partition coefficient (Wildman–Crippen LogP) is 3.74. The van der Waals surface area contributed by atoms with Crippen LogP contribution in [0.15, 0.2) is 60.7 Å². The Kier molecular flexibility index (Phi) is 4.25. The number of esters is 1. The summed E-state index contributed by atoms with van der Waals surface area (Å²) in [6.45, 7) is 4.41. The van der Waals surface area contributed by atoms with Crippen LogP contribution in [0, 0.1) is 0 Å². The van der Waals surface area contributed by atoms with Crippen LogP contribution in [0.4, 0.5) is 0 Å². The normalized spacial score (nSPS) is 24.5. The molecule has 0 aromatic heterocycles. The SMILES string of the molecule is CCOC(=O)[C@@H]1[C@@H](c2ccccc2)N1[C@H](C)c1ccccc1. The molecule has 1 fully saturated rings. The Morgan fingerprint density at radius 2 is 1.68 bits per heavy atom. The van der Waals surface area contributed by atoms with Crippen LogP contribution in [-0.4, -0.2) is 23.5 Å². The summed E-state index contributed by atoms with van der Waals surface area (Å²) in [7, 11) is 0. The maximum absolute atomic E-state index is 12.3. The van der Waals surface area contributed by atoms with Crippen molar-refractivity contribution < 1.29 is 9.53 Å². The van der Waals surface area contributed by atoms with Crippen molar-refractivity contribution >= 4 is 5.97 Å². The fourth-order valence-electron chi connectivity index (χ4n) is 3.12. The zero-order valence-electron chi connectivity index (χ0n) is 13.0. The second-order valence-electron chi connectivity index (χ2n) is 5.59. The molecule has 3 nitrogen and oxygen atoms in total. The second-order valence-corrected chi connectivity index (χ2v) is 5.59. The van der Waals surface area contributed by atoms with Crippen LogP contribution in [0.3, 0.4) is 0 Å². The lowest BCUT2D eigenvalue weighted by Crippen LogP contribution is -2.18. The highest BCUT2D eigenvalue weighted by Gasteiger charge is 2.56. The summed E-state index contributed by atoms with van der Waals surface area (Å²) in [5.74, 6) is -0.126. The first-order valence-electron chi connectivity index (χ1n) is 7.78. The van der Waals surface area contributed by atoms with Crippen LogP contribution in [-0.2, 0) is 9.53 Å². The van der Waals surface area contributed by atoms with Gasteiger partial charge in [0.05, 0.1) is 12.6 Å². The molecule has 0 radical (unpaired) electrons. The third-order valence-corrected chi connectivity index (χ3v) is 4.25. The van der Waals surface area contributed by atoms with E-state index in [1.807, 2.05) is 43.3 Å². The Labute approximate surface area is 131 Å². The van der Waals surface area contributed by atoms with Gasteiger partial charge in [0.15, 0.2) is 0 Å². The molecule has 0 amide bonds. The van der Waals surface area contributed by atoms with Crippen molar-refractivity contribution in [1.29, 1.82) is 0 Å². The molecule has 1 aliphatic heterocycles. The summed E-state index contributed by atoms with van der Waals surface area (Å²) < 4.78 is 5.25. The lowest BCUT2D eigenvalue weighted by atomic mass is 10.1. The van der Waals surface area contributed by atoms with Crippen LogP contribution in [0.25, 0.3) is 0 Å². The molecule has 3 heteroatoms. The van der Waals surface area contributed by atoms with Crippen molar-refractivity contribution in [2.24, 2.45) is 0 Å². The molecule has 4 atom stereocenters. The fraction of sp³-hybridized carbons (Fsp3) is 0.316. The lowest BCUT2D eigenvalue weighted by Gasteiger charge is -2.15. The van der Waals surface area contributed by atoms with E-state index in [0.717, 1.165) is 0 Å². The van der Waals surface area contributed by atoms with Crippen LogP contribution in [0.5, 0.6) is 0 Å². The quantitative estimate of drug-likeness (QED) is 0.621. The van der Waals surface area contributed by atoms with Crippen LogP contribution < -0.4 is 0 Å². The van der Waals surface area contributed by atoms with Gasteiger partial charge in [-0.2, -0.15) is 0 Å². The highest BCUT2D eigenvalue weighted by Crippen LogP contribution is 2.49. The Morgan fingerprint density at radius 1 is 1.09 bits per heavy atom. The van der Waals surface area contributed by atoms with Gasteiger partial charge in [-0.15, -0.1) is 0 Å². The average Bonchev–Trinajstić information content (AvgIpc) is 3.32. The number of hydrogen-bond donors (Lipinski definition) is 0. The largest absolute Gasteiger partial charge is 0.465 e. The first-order valence-corrected chi connectivity index (χ1v) is 7.78. The van der Waals surface area contributed by atoms with Gasteiger partial charge in [0, 0.05) is 6.04 Å². The molecule has 0 bridgehead atoms. The van der Waals surface area contributed by atoms with Crippen LogP contribution in [0.1, 0.15) is 37.1 Å². The molecule has 22 heavy (non-hydrogen) atoms.